The first-order valence-corrected chi connectivity index (χ1v) is 15.8. The van der Waals surface area contributed by atoms with E-state index in [0.717, 1.165) is 22.8 Å². The van der Waals surface area contributed by atoms with Crippen LogP contribution in [0.1, 0.15) is 61.0 Å². The van der Waals surface area contributed by atoms with Gasteiger partial charge in [0, 0.05) is 17.7 Å². The summed E-state index contributed by atoms with van der Waals surface area (Å²) in [4.78, 5) is 19.8. The number of hydrogen-bond donors (Lipinski definition) is 3. The molecule has 1 fully saturated rings. The van der Waals surface area contributed by atoms with Crippen molar-refractivity contribution in [3.05, 3.63) is 65.2 Å². The second-order valence-electron chi connectivity index (χ2n) is 11.7. The van der Waals surface area contributed by atoms with Crippen LogP contribution < -0.4 is 14.8 Å². The Morgan fingerprint density at radius 1 is 1.07 bits per heavy atom. The number of sulfonamides is 1. The first kappa shape index (κ1) is 33.2. The molecule has 0 saturated heterocycles. The molecular formula is C31H37F3N4O5S. The summed E-state index contributed by atoms with van der Waals surface area (Å²) in [5, 5.41) is 12.5. The third-order valence-electron chi connectivity index (χ3n) is 7.74. The van der Waals surface area contributed by atoms with Crippen LogP contribution in [-0.2, 0) is 10.0 Å². The zero-order valence-corrected chi connectivity index (χ0v) is 25.8. The number of halogens is 3. The Hall–Kier alpha value is -3.71. The fraction of sp³-hybridized carbons (Fsp3) is 0.452. The number of ether oxygens (including phenoxy) is 1. The molecule has 1 heterocycles. The molecule has 3 aromatic rings. The zero-order chi connectivity index (χ0) is 32.3. The predicted molar refractivity (Wildman–Crippen MR) is 160 cm³/mol. The van der Waals surface area contributed by atoms with Crippen molar-refractivity contribution in [3.63, 3.8) is 0 Å². The van der Waals surface area contributed by atoms with Gasteiger partial charge in [0.25, 0.3) is 10.0 Å². The van der Waals surface area contributed by atoms with Gasteiger partial charge in [0.1, 0.15) is 6.61 Å². The number of aryl methyl sites for hydroxylation is 2. The van der Waals surface area contributed by atoms with Crippen LogP contribution in [0.3, 0.4) is 0 Å². The predicted octanol–water partition coefficient (Wildman–Crippen LogP) is 6.38. The van der Waals surface area contributed by atoms with Gasteiger partial charge in [-0.05, 0) is 81.3 Å². The standard InChI is InChI=1S/C31H37F3N4O5S/c1-19(2)15-23(35-14-13-30(11-12-30)31(32,33)34)18-43-26-17-25(27-20(3)7-5-8-21(27)4)36-29(37-26)38-44(41,42)24-10-6-9-22(16-24)28(39)40/h5-10,16-17,19,23,35H,11-15,18H2,1-4H3,(H,39,40)(H,36,37,38)/t23-/m1/s1. The van der Waals surface area contributed by atoms with Gasteiger partial charge in [0.05, 0.1) is 21.6 Å². The minimum atomic E-state index is -4.28. The SMILES string of the molecule is Cc1cccc(C)c1-c1cc(OC[C@@H](CC(C)C)NCCC2(C(F)(F)F)CC2)nc(NS(=O)(=O)c2cccc(C(=O)O)c2)n1. The molecular weight excluding hydrogens is 597 g/mol. The molecule has 0 aliphatic heterocycles. The van der Waals surface area contributed by atoms with Gasteiger partial charge < -0.3 is 15.2 Å². The number of aromatic carboxylic acids is 1. The van der Waals surface area contributed by atoms with E-state index in [0.29, 0.717) is 12.1 Å². The molecule has 0 unspecified atom stereocenters. The molecule has 13 heteroatoms. The Morgan fingerprint density at radius 2 is 1.73 bits per heavy atom. The molecule has 44 heavy (non-hydrogen) atoms. The lowest BCUT2D eigenvalue weighted by Gasteiger charge is -2.24. The number of carbonyl (C=O) groups is 1. The number of nitrogens with one attached hydrogen (secondary N) is 2. The maximum absolute atomic E-state index is 13.4. The van der Waals surface area contributed by atoms with Crippen LogP contribution >= 0.6 is 0 Å². The van der Waals surface area contributed by atoms with Gasteiger partial charge in [-0.25, -0.2) is 22.9 Å². The number of carboxylic acid groups (broad SMARTS) is 1. The van der Waals surface area contributed by atoms with E-state index in [1.165, 1.54) is 18.2 Å². The van der Waals surface area contributed by atoms with Crippen molar-refractivity contribution in [2.75, 3.05) is 17.9 Å². The molecule has 1 saturated carbocycles. The van der Waals surface area contributed by atoms with Crippen molar-refractivity contribution in [1.82, 2.24) is 15.3 Å². The van der Waals surface area contributed by atoms with E-state index in [1.807, 2.05) is 45.9 Å². The van der Waals surface area contributed by atoms with E-state index in [2.05, 4.69) is 20.0 Å². The van der Waals surface area contributed by atoms with Gasteiger partial charge in [-0.2, -0.15) is 18.2 Å². The fourth-order valence-corrected chi connectivity index (χ4v) is 6.16. The minimum Gasteiger partial charge on any atom is -0.478 e. The Labute approximate surface area is 255 Å². The van der Waals surface area contributed by atoms with Crippen molar-refractivity contribution in [2.45, 2.75) is 70.5 Å². The lowest BCUT2D eigenvalue weighted by Crippen LogP contribution is -2.38. The van der Waals surface area contributed by atoms with Crippen molar-refractivity contribution < 1.29 is 36.2 Å². The second-order valence-corrected chi connectivity index (χ2v) is 13.4. The number of aromatic nitrogens is 2. The van der Waals surface area contributed by atoms with E-state index >= 15 is 0 Å². The monoisotopic (exact) mass is 634 g/mol. The highest BCUT2D eigenvalue weighted by Crippen LogP contribution is 2.59. The quantitative estimate of drug-likeness (QED) is 0.186. The van der Waals surface area contributed by atoms with E-state index in [4.69, 9.17) is 4.74 Å². The minimum absolute atomic E-state index is 0.00961. The average molecular weight is 635 g/mol. The summed E-state index contributed by atoms with van der Waals surface area (Å²) in [6, 6.07) is 11.9. The van der Waals surface area contributed by atoms with E-state index < -0.39 is 27.6 Å². The number of nitrogens with zero attached hydrogens (tertiary/aromatic N) is 2. The highest BCUT2D eigenvalue weighted by atomic mass is 32.2. The van der Waals surface area contributed by atoms with Crippen LogP contribution in [0, 0.1) is 25.2 Å². The van der Waals surface area contributed by atoms with Gasteiger partial charge in [-0.3, -0.25) is 0 Å². The average Bonchev–Trinajstić information content (AvgIpc) is 3.72. The molecule has 0 spiro atoms. The molecule has 238 valence electrons. The fourth-order valence-electron chi connectivity index (χ4n) is 5.17. The number of alkyl halides is 3. The third-order valence-corrected chi connectivity index (χ3v) is 9.06. The maximum Gasteiger partial charge on any atom is 0.394 e. The highest BCUT2D eigenvalue weighted by Gasteiger charge is 2.62. The number of hydrogen-bond acceptors (Lipinski definition) is 7. The Kier molecular flexibility index (Phi) is 9.89. The summed E-state index contributed by atoms with van der Waals surface area (Å²) >= 11 is 0. The van der Waals surface area contributed by atoms with Gasteiger partial charge >= 0.3 is 12.1 Å². The first-order chi connectivity index (χ1) is 20.6. The number of rotatable bonds is 14. The molecule has 0 amide bonds. The van der Waals surface area contributed by atoms with Gasteiger partial charge in [-0.1, -0.05) is 38.1 Å². The van der Waals surface area contributed by atoms with E-state index in [-0.39, 0.29) is 66.7 Å². The van der Waals surface area contributed by atoms with Crippen molar-refractivity contribution in [2.24, 2.45) is 11.3 Å². The lowest BCUT2D eigenvalue weighted by atomic mass is 10.00. The maximum atomic E-state index is 13.4. The lowest BCUT2D eigenvalue weighted by molar-refractivity contribution is -0.188. The largest absolute Gasteiger partial charge is 0.478 e. The van der Waals surface area contributed by atoms with Crippen molar-refractivity contribution >= 4 is 21.9 Å². The van der Waals surface area contributed by atoms with Crippen LogP contribution in [0.25, 0.3) is 11.3 Å². The molecule has 1 aromatic heterocycles. The summed E-state index contributed by atoms with van der Waals surface area (Å²) in [6.07, 6.45) is -3.31. The molecule has 9 nitrogen and oxygen atoms in total. The normalized spacial score (nSPS) is 15.2. The summed E-state index contributed by atoms with van der Waals surface area (Å²) in [5.74, 6) is -1.26. The summed E-state index contributed by atoms with van der Waals surface area (Å²) in [7, 11) is -4.28. The third kappa shape index (κ3) is 8.06. The summed E-state index contributed by atoms with van der Waals surface area (Å²) in [6.45, 7) is 8.04. The van der Waals surface area contributed by atoms with Gasteiger partial charge in [-0.15, -0.1) is 0 Å². The van der Waals surface area contributed by atoms with Gasteiger partial charge in [0.15, 0.2) is 0 Å². The summed E-state index contributed by atoms with van der Waals surface area (Å²) in [5.41, 5.74) is 1.12. The van der Waals surface area contributed by atoms with Crippen LogP contribution in [0.2, 0.25) is 0 Å². The molecule has 2 aromatic carbocycles. The molecule has 4 rings (SSSR count). The number of anilines is 1. The molecule has 3 N–H and O–H groups in total. The van der Waals surface area contributed by atoms with Crippen LogP contribution in [0.4, 0.5) is 19.1 Å². The topological polar surface area (TPSA) is 131 Å². The van der Waals surface area contributed by atoms with Gasteiger partial charge in [0.2, 0.25) is 11.8 Å². The van der Waals surface area contributed by atoms with Crippen LogP contribution in [0.5, 0.6) is 5.88 Å². The molecule has 1 aliphatic rings. The molecule has 0 bridgehead atoms. The molecule has 0 radical (unpaired) electrons. The van der Waals surface area contributed by atoms with Crippen molar-refractivity contribution in [3.8, 4) is 17.1 Å². The zero-order valence-electron chi connectivity index (χ0n) is 25.0. The highest BCUT2D eigenvalue weighted by molar-refractivity contribution is 7.92. The van der Waals surface area contributed by atoms with Crippen LogP contribution in [-0.4, -0.2) is 54.8 Å². The first-order valence-electron chi connectivity index (χ1n) is 14.3. The number of benzene rings is 2. The van der Waals surface area contributed by atoms with Crippen LogP contribution in [0.15, 0.2) is 53.4 Å². The second kappa shape index (κ2) is 13.1. The molecule has 1 atom stereocenters. The van der Waals surface area contributed by atoms with Crippen molar-refractivity contribution in [1.29, 1.82) is 0 Å². The van der Waals surface area contributed by atoms with E-state index in [1.54, 1.807) is 6.07 Å². The Morgan fingerprint density at radius 3 is 2.32 bits per heavy atom. The Bertz CT molecular complexity index is 1590. The van der Waals surface area contributed by atoms with E-state index in [9.17, 15) is 31.5 Å². The number of carboxylic acids is 1. The Balaban J connectivity index is 1.60. The molecule has 1 aliphatic carbocycles. The smallest absolute Gasteiger partial charge is 0.394 e. The summed E-state index contributed by atoms with van der Waals surface area (Å²) < 4.78 is 75.0.